The molecule has 0 aliphatic rings. The van der Waals surface area contributed by atoms with Crippen molar-refractivity contribution in [3.05, 3.63) is 36.5 Å². The lowest BCUT2D eigenvalue weighted by atomic mass is 10.0. The van der Waals surface area contributed by atoms with Crippen molar-refractivity contribution in [2.45, 2.75) is 322 Å². The summed E-state index contributed by atoms with van der Waals surface area (Å²) in [6.07, 6.45) is 63.5. The molecule has 1 amide bonds. The van der Waals surface area contributed by atoms with E-state index in [0.717, 1.165) is 77.0 Å². The molecule has 0 aliphatic heterocycles. The number of aliphatic hydroxyl groups excluding tert-OH is 2. The Labute approximate surface area is 404 Å². The van der Waals surface area contributed by atoms with Crippen molar-refractivity contribution < 1.29 is 24.5 Å². The number of aliphatic hydroxyl groups is 2. The zero-order valence-electron chi connectivity index (χ0n) is 43.6. The molecule has 6 heteroatoms. The summed E-state index contributed by atoms with van der Waals surface area (Å²) >= 11 is 0. The first-order valence-corrected chi connectivity index (χ1v) is 28.7. The van der Waals surface area contributed by atoms with Gasteiger partial charge in [0.2, 0.25) is 5.91 Å². The Bertz CT molecular complexity index is 1070. The normalized spacial score (nSPS) is 13.4. The second-order valence-electron chi connectivity index (χ2n) is 19.7. The van der Waals surface area contributed by atoms with Crippen LogP contribution in [-0.2, 0) is 14.3 Å². The predicted octanol–water partition coefficient (Wildman–Crippen LogP) is 17.6. The van der Waals surface area contributed by atoms with Gasteiger partial charge in [0.25, 0.3) is 0 Å². The summed E-state index contributed by atoms with van der Waals surface area (Å²) in [6.45, 7) is 6.48. The molecule has 0 fully saturated rings. The first-order chi connectivity index (χ1) is 32.0. The van der Waals surface area contributed by atoms with Crippen molar-refractivity contribution in [3.8, 4) is 0 Å². The van der Waals surface area contributed by atoms with Gasteiger partial charge in [-0.25, -0.2) is 0 Å². The van der Waals surface area contributed by atoms with E-state index < -0.39 is 18.2 Å². The van der Waals surface area contributed by atoms with E-state index >= 15 is 0 Å². The van der Waals surface area contributed by atoms with E-state index in [-0.39, 0.29) is 24.9 Å². The number of rotatable bonds is 52. The van der Waals surface area contributed by atoms with Gasteiger partial charge in [0, 0.05) is 6.42 Å². The minimum Gasteiger partial charge on any atom is -0.462 e. The van der Waals surface area contributed by atoms with Crippen LogP contribution in [0, 0.1) is 0 Å². The molecule has 0 aliphatic carbocycles. The Morgan fingerprint density at radius 1 is 0.446 bits per heavy atom. The van der Waals surface area contributed by atoms with Gasteiger partial charge in [-0.05, 0) is 83.5 Å². The fraction of sp³-hybridized carbons (Fsp3) is 0.864. The van der Waals surface area contributed by atoms with Gasteiger partial charge in [0.15, 0.2) is 0 Å². The van der Waals surface area contributed by atoms with Crippen molar-refractivity contribution in [3.63, 3.8) is 0 Å². The molecule has 0 heterocycles. The Morgan fingerprint density at radius 3 is 1.23 bits per heavy atom. The SMILES string of the molecule is CCCCC/C=C\C/C=C\CCCCCCCCCC(=O)OC(CCCCC/C=C/CCCCCCCCCCC)CC(=O)NC(CO)C(O)CCCCCCCCCCCCCCC. The third-order valence-corrected chi connectivity index (χ3v) is 13.2. The highest BCUT2D eigenvalue weighted by Crippen LogP contribution is 2.18. The molecule has 65 heavy (non-hydrogen) atoms. The lowest BCUT2D eigenvalue weighted by Crippen LogP contribution is -2.46. The van der Waals surface area contributed by atoms with Crippen LogP contribution in [0.25, 0.3) is 0 Å². The van der Waals surface area contributed by atoms with E-state index in [1.165, 1.54) is 180 Å². The van der Waals surface area contributed by atoms with E-state index in [1.807, 2.05) is 0 Å². The van der Waals surface area contributed by atoms with Crippen LogP contribution in [0.15, 0.2) is 36.5 Å². The summed E-state index contributed by atoms with van der Waals surface area (Å²) in [4.78, 5) is 26.3. The average Bonchev–Trinajstić information content (AvgIpc) is 3.30. The highest BCUT2D eigenvalue weighted by Gasteiger charge is 2.24. The van der Waals surface area contributed by atoms with Gasteiger partial charge in [-0.3, -0.25) is 9.59 Å². The molecular formula is C59H111NO5. The van der Waals surface area contributed by atoms with E-state index in [1.54, 1.807) is 0 Å². The molecule has 0 bridgehead atoms. The minimum absolute atomic E-state index is 0.0667. The molecule has 0 saturated carbocycles. The van der Waals surface area contributed by atoms with Gasteiger partial charge in [-0.15, -0.1) is 0 Å². The van der Waals surface area contributed by atoms with Crippen LogP contribution in [-0.4, -0.2) is 46.9 Å². The molecule has 0 saturated heterocycles. The molecule has 3 unspecified atom stereocenters. The highest BCUT2D eigenvalue weighted by atomic mass is 16.5. The Morgan fingerprint density at radius 2 is 0.785 bits per heavy atom. The fourth-order valence-corrected chi connectivity index (χ4v) is 8.81. The maximum atomic E-state index is 13.3. The number of ether oxygens (including phenoxy) is 1. The monoisotopic (exact) mass is 914 g/mol. The summed E-state index contributed by atoms with van der Waals surface area (Å²) in [5.41, 5.74) is 0. The van der Waals surface area contributed by atoms with Crippen molar-refractivity contribution >= 4 is 11.9 Å². The van der Waals surface area contributed by atoms with Crippen LogP contribution >= 0.6 is 0 Å². The van der Waals surface area contributed by atoms with Gasteiger partial charge < -0.3 is 20.3 Å². The quantitative estimate of drug-likeness (QED) is 0.0321. The number of nitrogens with one attached hydrogen (secondary N) is 1. The molecule has 0 rings (SSSR count). The number of hydrogen-bond donors (Lipinski definition) is 3. The zero-order chi connectivity index (χ0) is 47.4. The van der Waals surface area contributed by atoms with E-state index in [9.17, 15) is 19.8 Å². The van der Waals surface area contributed by atoms with Crippen molar-refractivity contribution in [1.82, 2.24) is 5.32 Å². The second-order valence-corrected chi connectivity index (χ2v) is 19.7. The van der Waals surface area contributed by atoms with Gasteiger partial charge in [0.1, 0.15) is 6.10 Å². The summed E-state index contributed by atoms with van der Waals surface area (Å²) in [6, 6.07) is -0.706. The fourth-order valence-electron chi connectivity index (χ4n) is 8.81. The third-order valence-electron chi connectivity index (χ3n) is 13.2. The van der Waals surface area contributed by atoms with Crippen LogP contribution in [0.5, 0.6) is 0 Å². The first-order valence-electron chi connectivity index (χ1n) is 28.7. The molecule has 3 N–H and O–H groups in total. The molecule has 0 spiro atoms. The number of esters is 1. The predicted molar refractivity (Wildman–Crippen MR) is 282 cm³/mol. The van der Waals surface area contributed by atoms with E-state index in [0.29, 0.717) is 19.3 Å². The standard InChI is InChI=1S/C59H111NO5/c1-4-7-10-13-16-19-22-25-27-29-31-34-37-40-43-46-49-52-59(64)65-55(50-47-44-41-38-35-33-30-28-26-23-20-17-14-11-8-5-2)53-58(63)60-56(54-61)57(62)51-48-45-42-39-36-32-24-21-18-15-12-9-6-3/h16,19,25,27,33,35,55-57,61-62H,4-15,17-18,20-24,26,28-32,34,36-54H2,1-3H3,(H,60,63)/b19-16-,27-25-,35-33+. The number of hydrogen-bond acceptors (Lipinski definition) is 5. The van der Waals surface area contributed by atoms with E-state index in [4.69, 9.17) is 4.74 Å². The molecule has 3 atom stereocenters. The van der Waals surface area contributed by atoms with Crippen LogP contribution in [0.2, 0.25) is 0 Å². The third kappa shape index (κ3) is 48.3. The summed E-state index contributed by atoms with van der Waals surface area (Å²) in [5.74, 6) is -0.484. The largest absolute Gasteiger partial charge is 0.462 e. The topological polar surface area (TPSA) is 95.9 Å². The average molecular weight is 915 g/mol. The van der Waals surface area contributed by atoms with Crippen LogP contribution < -0.4 is 5.32 Å². The van der Waals surface area contributed by atoms with Gasteiger partial charge in [0.05, 0.1) is 25.2 Å². The zero-order valence-corrected chi connectivity index (χ0v) is 43.6. The highest BCUT2D eigenvalue weighted by molar-refractivity contribution is 5.77. The Hall–Kier alpha value is -1.92. The van der Waals surface area contributed by atoms with Crippen molar-refractivity contribution in [2.24, 2.45) is 0 Å². The lowest BCUT2D eigenvalue weighted by Gasteiger charge is -2.24. The number of carbonyl (C=O) groups is 2. The maximum Gasteiger partial charge on any atom is 0.306 e. The van der Waals surface area contributed by atoms with Crippen molar-refractivity contribution in [1.29, 1.82) is 0 Å². The Kier molecular flexibility index (Phi) is 51.5. The second kappa shape index (κ2) is 53.0. The molecule has 0 aromatic rings. The molecule has 382 valence electrons. The lowest BCUT2D eigenvalue weighted by molar-refractivity contribution is -0.151. The number of amides is 1. The van der Waals surface area contributed by atoms with Gasteiger partial charge >= 0.3 is 5.97 Å². The first kappa shape index (κ1) is 63.1. The molecule has 0 aromatic carbocycles. The van der Waals surface area contributed by atoms with Crippen molar-refractivity contribution in [2.75, 3.05) is 6.61 Å². The molecule has 0 aromatic heterocycles. The maximum absolute atomic E-state index is 13.3. The van der Waals surface area contributed by atoms with Crippen LogP contribution in [0.1, 0.15) is 303 Å². The van der Waals surface area contributed by atoms with Gasteiger partial charge in [-0.1, -0.05) is 243 Å². The van der Waals surface area contributed by atoms with Crippen LogP contribution in [0.3, 0.4) is 0 Å². The smallest absolute Gasteiger partial charge is 0.306 e. The number of carbonyl (C=O) groups excluding carboxylic acids is 2. The molecule has 6 nitrogen and oxygen atoms in total. The number of unbranched alkanes of at least 4 members (excludes halogenated alkanes) is 34. The van der Waals surface area contributed by atoms with E-state index in [2.05, 4.69) is 62.5 Å². The minimum atomic E-state index is -0.791. The summed E-state index contributed by atoms with van der Waals surface area (Å²) in [5, 5.41) is 23.9. The molecule has 0 radical (unpaired) electrons. The van der Waals surface area contributed by atoms with Gasteiger partial charge in [-0.2, -0.15) is 0 Å². The molecular weight excluding hydrogens is 803 g/mol. The Balaban J connectivity index is 4.58. The number of allylic oxidation sites excluding steroid dienone is 6. The summed E-state index contributed by atoms with van der Waals surface area (Å²) < 4.78 is 5.95. The van der Waals surface area contributed by atoms with Crippen LogP contribution in [0.4, 0.5) is 0 Å². The summed E-state index contributed by atoms with van der Waals surface area (Å²) in [7, 11) is 0.